The number of hydrogen-bond donors (Lipinski definition) is 0. The SMILES string of the molecule is CC1OC(=O)O1. The molecular weight excluding hydrogens is 84.0 g/mol. The molecule has 0 aromatic carbocycles. The van der Waals surface area contributed by atoms with Crippen molar-refractivity contribution in [3.8, 4) is 0 Å². The molecule has 0 bridgehead atoms. The number of carbonyl (C=O) groups is 1. The van der Waals surface area contributed by atoms with Crippen molar-refractivity contribution in [2.75, 3.05) is 0 Å². The van der Waals surface area contributed by atoms with E-state index < -0.39 is 6.16 Å². The first-order valence-electron chi connectivity index (χ1n) is 1.66. The lowest BCUT2D eigenvalue weighted by Gasteiger charge is -2.20. The molecule has 0 aromatic heterocycles. The van der Waals surface area contributed by atoms with Crippen LogP contribution in [0.25, 0.3) is 0 Å². The van der Waals surface area contributed by atoms with E-state index in [2.05, 4.69) is 9.47 Å². The topological polar surface area (TPSA) is 35.5 Å². The highest BCUT2D eigenvalue weighted by atomic mass is 16.9. The van der Waals surface area contributed by atoms with E-state index in [-0.39, 0.29) is 6.29 Å². The first-order chi connectivity index (χ1) is 2.79. The number of ether oxygens (including phenoxy) is 2. The smallest absolute Gasteiger partial charge is 0.394 e. The molecule has 1 fully saturated rings. The van der Waals surface area contributed by atoms with Gasteiger partial charge in [-0.1, -0.05) is 0 Å². The van der Waals surface area contributed by atoms with E-state index in [1.165, 1.54) is 0 Å². The summed E-state index contributed by atoms with van der Waals surface area (Å²) in [4.78, 5) is 9.67. The maximum atomic E-state index is 9.67. The molecule has 3 nitrogen and oxygen atoms in total. The second-order valence-electron chi connectivity index (χ2n) is 1.05. The number of rotatable bonds is 0. The average molecular weight is 88.1 g/mol. The van der Waals surface area contributed by atoms with Gasteiger partial charge in [-0.3, -0.25) is 0 Å². The highest BCUT2D eigenvalue weighted by Gasteiger charge is 2.24. The molecule has 0 aliphatic carbocycles. The zero-order valence-corrected chi connectivity index (χ0v) is 3.30. The van der Waals surface area contributed by atoms with Crippen LogP contribution in [0.2, 0.25) is 0 Å². The summed E-state index contributed by atoms with van der Waals surface area (Å²) in [5.41, 5.74) is 0. The number of carbonyl (C=O) groups excluding carboxylic acids is 1. The Labute approximate surface area is 34.9 Å². The van der Waals surface area contributed by atoms with Gasteiger partial charge in [0.05, 0.1) is 0 Å². The van der Waals surface area contributed by atoms with Gasteiger partial charge in [-0.25, -0.2) is 4.79 Å². The molecule has 0 unspecified atom stereocenters. The van der Waals surface area contributed by atoms with Crippen LogP contribution in [0.15, 0.2) is 0 Å². The molecule has 1 heterocycles. The Bertz CT molecular complexity index is 70.1. The Balaban J connectivity index is 2.28. The van der Waals surface area contributed by atoms with Crippen LogP contribution in [0.4, 0.5) is 4.79 Å². The van der Waals surface area contributed by atoms with Crippen molar-refractivity contribution in [1.82, 2.24) is 0 Å². The van der Waals surface area contributed by atoms with E-state index in [0.717, 1.165) is 0 Å². The molecule has 6 heavy (non-hydrogen) atoms. The quantitative estimate of drug-likeness (QED) is 0.404. The van der Waals surface area contributed by atoms with Crippen molar-refractivity contribution in [2.24, 2.45) is 0 Å². The molecule has 0 amide bonds. The van der Waals surface area contributed by atoms with Crippen LogP contribution in [-0.4, -0.2) is 12.4 Å². The van der Waals surface area contributed by atoms with Crippen LogP contribution in [0.3, 0.4) is 0 Å². The van der Waals surface area contributed by atoms with Gasteiger partial charge in [0.25, 0.3) is 6.29 Å². The van der Waals surface area contributed by atoms with Crippen LogP contribution in [0, 0.1) is 0 Å². The van der Waals surface area contributed by atoms with Gasteiger partial charge >= 0.3 is 6.16 Å². The Morgan fingerprint density at radius 3 is 2.17 bits per heavy atom. The molecule has 1 saturated heterocycles. The lowest BCUT2D eigenvalue weighted by molar-refractivity contribution is -0.170. The van der Waals surface area contributed by atoms with Crippen LogP contribution >= 0.6 is 0 Å². The third kappa shape index (κ3) is 0.319. The van der Waals surface area contributed by atoms with Gasteiger partial charge in [-0.15, -0.1) is 0 Å². The fraction of sp³-hybridized carbons (Fsp3) is 0.667. The minimum atomic E-state index is -0.567. The van der Waals surface area contributed by atoms with Crippen LogP contribution in [0.5, 0.6) is 0 Å². The molecule has 0 radical (unpaired) electrons. The predicted molar refractivity (Wildman–Crippen MR) is 17.0 cm³/mol. The first kappa shape index (κ1) is 3.46. The zero-order valence-electron chi connectivity index (χ0n) is 3.30. The van der Waals surface area contributed by atoms with E-state index in [0.29, 0.717) is 0 Å². The van der Waals surface area contributed by atoms with Gasteiger partial charge in [0.1, 0.15) is 0 Å². The summed E-state index contributed by atoms with van der Waals surface area (Å²) < 4.78 is 8.56. The lowest BCUT2D eigenvalue weighted by atomic mass is 10.7. The maximum absolute atomic E-state index is 9.67. The van der Waals surface area contributed by atoms with Crippen LogP contribution < -0.4 is 0 Å². The second-order valence-corrected chi connectivity index (χ2v) is 1.05. The molecule has 3 heteroatoms. The molecule has 0 N–H and O–H groups in total. The minimum absolute atomic E-state index is 0.308. The largest absolute Gasteiger partial charge is 0.514 e. The Hall–Kier alpha value is -0.730. The summed E-state index contributed by atoms with van der Waals surface area (Å²) in [6.45, 7) is 1.65. The van der Waals surface area contributed by atoms with E-state index in [1.54, 1.807) is 6.92 Å². The molecule has 0 aromatic rings. The standard InChI is InChI=1S/C3H4O3/c1-2-5-3(4)6-2/h2H,1H3. The lowest BCUT2D eigenvalue weighted by Crippen LogP contribution is -2.32. The molecule has 0 spiro atoms. The number of cyclic esters (lactones) is 2. The van der Waals surface area contributed by atoms with Crippen molar-refractivity contribution in [2.45, 2.75) is 13.2 Å². The van der Waals surface area contributed by atoms with Gasteiger partial charge in [-0.05, 0) is 0 Å². The van der Waals surface area contributed by atoms with E-state index in [9.17, 15) is 4.79 Å². The third-order valence-electron chi connectivity index (χ3n) is 0.524. The number of hydrogen-bond acceptors (Lipinski definition) is 3. The molecule has 34 valence electrons. The summed E-state index contributed by atoms with van der Waals surface area (Å²) in [6, 6.07) is 0. The van der Waals surface area contributed by atoms with E-state index >= 15 is 0 Å². The summed E-state index contributed by atoms with van der Waals surface area (Å²) in [5, 5.41) is 0. The highest BCUT2D eigenvalue weighted by Crippen LogP contribution is 2.07. The van der Waals surface area contributed by atoms with Gasteiger partial charge in [0.15, 0.2) is 0 Å². The van der Waals surface area contributed by atoms with Gasteiger partial charge < -0.3 is 9.47 Å². The molecular formula is C3H4O3. The van der Waals surface area contributed by atoms with E-state index in [1.807, 2.05) is 0 Å². The summed E-state index contributed by atoms with van der Waals surface area (Å²) in [7, 11) is 0. The molecule has 1 aliphatic heterocycles. The first-order valence-corrected chi connectivity index (χ1v) is 1.66. The van der Waals surface area contributed by atoms with Gasteiger partial charge in [0.2, 0.25) is 0 Å². The molecule has 0 saturated carbocycles. The molecule has 1 aliphatic rings. The minimum Gasteiger partial charge on any atom is -0.394 e. The Morgan fingerprint density at radius 2 is 2.17 bits per heavy atom. The van der Waals surface area contributed by atoms with Crippen molar-refractivity contribution >= 4 is 6.16 Å². The zero-order chi connectivity index (χ0) is 4.57. The fourth-order valence-electron chi connectivity index (χ4n) is 0.280. The van der Waals surface area contributed by atoms with Crippen LogP contribution in [0.1, 0.15) is 6.92 Å². The van der Waals surface area contributed by atoms with E-state index in [4.69, 9.17) is 0 Å². The summed E-state index contributed by atoms with van der Waals surface area (Å²) in [6.07, 6.45) is -0.875. The molecule has 1 rings (SSSR count). The van der Waals surface area contributed by atoms with Crippen molar-refractivity contribution < 1.29 is 14.3 Å². The van der Waals surface area contributed by atoms with Crippen LogP contribution in [-0.2, 0) is 9.47 Å². The monoisotopic (exact) mass is 88.0 g/mol. The van der Waals surface area contributed by atoms with Gasteiger partial charge in [-0.2, -0.15) is 0 Å². The average Bonchev–Trinajstić information content (AvgIpc) is 1.33. The Morgan fingerprint density at radius 1 is 1.67 bits per heavy atom. The van der Waals surface area contributed by atoms with Crippen molar-refractivity contribution in [1.29, 1.82) is 0 Å². The second kappa shape index (κ2) is 0.864. The van der Waals surface area contributed by atoms with Crippen molar-refractivity contribution in [3.05, 3.63) is 0 Å². The Kier molecular flexibility index (Phi) is 0.498. The predicted octanol–water partition coefficient (Wildman–Crippen LogP) is 0.499. The summed E-state index contributed by atoms with van der Waals surface area (Å²) in [5.74, 6) is 0. The fourth-order valence-corrected chi connectivity index (χ4v) is 0.280. The molecule has 0 atom stereocenters. The maximum Gasteiger partial charge on any atom is 0.514 e. The summed E-state index contributed by atoms with van der Waals surface area (Å²) >= 11 is 0. The highest BCUT2D eigenvalue weighted by molar-refractivity contribution is 5.63. The normalized spacial score (nSPS) is 21.2. The third-order valence-corrected chi connectivity index (χ3v) is 0.524. The van der Waals surface area contributed by atoms with Crippen molar-refractivity contribution in [3.63, 3.8) is 0 Å². The van der Waals surface area contributed by atoms with Gasteiger partial charge in [0, 0.05) is 6.92 Å².